The van der Waals surface area contributed by atoms with Crippen LogP contribution in [0.4, 0.5) is 0 Å². The maximum absolute atomic E-state index is 11.2. The number of rotatable bonds is 3. The van der Waals surface area contributed by atoms with Crippen LogP contribution in [0.1, 0.15) is 6.92 Å². The van der Waals surface area contributed by atoms with E-state index in [1.54, 1.807) is 6.92 Å². The Bertz CT molecular complexity index is 117. The van der Waals surface area contributed by atoms with Crippen molar-refractivity contribution >= 4 is 23.5 Å². The summed E-state index contributed by atoms with van der Waals surface area (Å²) in [4.78, 5) is 0. The van der Waals surface area contributed by atoms with Gasteiger partial charge in [-0.2, -0.15) is 0 Å². The topological polar surface area (TPSA) is 35.5 Å². The number of halogens is 1. The van der Waals surface area contributed by atoms with Crippen molar-refractivity contribution in [2.24, 2.45) is 0 Å². The molecule has 0 aliphatic carbocycles. The fourth-order valence-electron chi connectivity index (χ4n) is 0.365. The minimum atomic E-state index is -2.84. The van der Waals surface area contributed by atoms with Gasteiger partial charge in [-0.05, 0) is 6.92 Å². The summed E-state index contributed by atoms with van der Waals surface area (Å²) in [6, 6.07) is 0. The van der Waals surface area contributed by atoms with Crippen molar-refractivity contribution in [3.8, 4) is 0 Å². The molecule has 0 bridgehead atoms. The van der Waals surface area contributed by atoms with Crippen molar-refractivity contribution in [3.63, 3.8) is 0 Å². The molecule has 0 saturated heterocycles. The molecule has 0 fully saturated rings. The van der Waals surface area contributed by atoms with Gasteiger partial charge in [-0.15, -0.1) is 0 Å². The average molecular weight is 217 g/mol. The van der Waals surface area contributed by atoms with Gasteiger partial charge in [0, 0.05) is 14.2 Å². The molecule has 0 rings (SSSR count). The highest BCUT2D eigenvalue weighted by molar-refractivity contribution is 9.10. The van der Waals surface area contributed by atoms with Crippen LogP contribution < -0.4 is 0 Å². The molecule has 0 spiro atoms. The Morgan fingerprint density at radius 1 is 1.44 bits per heavy atom. The van der Waals surface area contributed by atoms with Gasteiger partial charge in [-0.3, -0.25) is 4.57 Å². The second-order valence-electron chi connectivity index (χ2n) is 1.48. The molecule has 5 heteroatoms. The Kier molecular flexibility index (Phi) is 3.97. The maximum atomic E-state index is 11.2. The Balaban J connectivity index is 4.11. The average Bonchev–Trinajstić information content (AvgIpc) is 1.86. The molecule has 9 heavy (non-hydrogen) atoms. The fourth-order valence-corrected chi connectivity index (χ4v) is 2.10. The van der Waals surface area contributed by atoms with Gasteiger partial charge >= 0.3 is 7.60 Å². The molecule has 0 aromatic heterocycles. The summed E-state index contributed by atoms with van der Waals surface area (Å²) in [6.45, 7) is 1.72. The molecule has 1 unspecified atom stereocenters. The Morgan fingerprint density at radius 2 is 1.78 bits per heavy atom. The number of hydrogen-bond acceptors (Lipinski definition) is 3. The second-order valence-corrected chi connectivity index (χ2v) is 6.14. The first kappa shape index (κ1) is 9.63. The molecule has 0 radical (unpaired) electrons. The summed E-state index contributed by atoms with van der Waals surface area (Å²) in [5.41, 5.74) is 0. The molecule has 0 N–H and O–H groups in total. The highest BCUT2D eigenvalue weighted by atomic mass is 79.9. The monoisotopic (exact) mass is 216 g/mol. The van der Waals surface area contributed by atoms with Gasteiger partial charge in [0.25, 0.3) is 0 Å². The van der Waals surface area contributed by atoms with Gasteiger partial charge < -0.3 is 9.05 Å². The third kappa shape index (κ3) is 2.38. The predicted molar refractivity (Wildman–Crippen MR) is 40.0 cm³/mol. The largest absolute Gasteiger partial charge is 0.343 e. The molecule has 0 aromatic carbocycles. The Labute approximate surface area is 63.4 Å². The quantitative estimate of drug-likeness (QED) is 0.537. The zero-order valence-corrected chi connectivity index (χ0v) is 8.11. The first-order chi connectivity index (χ1) is 4.06. The van der Waals surface area contributed by atoms with Gasteiger partial charge in [-0.25, -0.2) is 0 Å². The van der Waals surface area contributed by atoms with Crippen LogP contribution in [-0.2, 0) is 13.6 Å². The lowest BCUT2D eigenvalue weighted by molar-refractivity contribution is 0.275. The van der Waals surface area contributed by atoms with E-state index in [0.29, 0.717) is 0 Å². The summed E-state index contributed by atoms with van der Waals surface area (Å²) >= 11 is 3.10. The van der Waals surface area contributed by atoms with E-state index in [0.717, 1.165) is 0 Å². The van der Waals surface area contributed by atoms with Crippen LogP contribution >= 0.6 is 23.5 Å². The predicted octanol–water partition coefficient (Wildman–Crippen LogP) is 2.21. The molecule has 0 aliphatic rings. The van der Waals surface area contributed by atoms with Crippen LogP contribution in [0.2, 0.25) is 0 Å². The molecule has 0 saturated carbocycles. The normalized spacial score (nSPS) is 15.6. The van der Waals surface area contributed by atoms with Gasteiger partial charge in [0.1, 0.15) is 4.57 Å². The van der Waals surface area contributed by atoms with Crippen molar-refractivity contribution < 1.29 is 13.6 Å². The summed E-state index contributed by atoms with van der Waals surface area (Å²) in [5.74, 6) is 0. The van der Waals surface area contributed by atoms with Crippen LogP contribution in [0, 0.1) is 0 Å². The highest BCUT2D eigenvalue weighted by Gasteiger charge is 2.27. The molecular formula is C4H10BrO3P. The van der Waals surface area contributed by atoms with E-state index in [1.165, 1.54) is 14.2 Å². The molecule has 0 aromatic rings. The minimum absolute atomic E-state index is 0.250. The second kappa shape index (κ2) is 3.71. The summed E-state index contributed by atoms with van der Waals surface area (Å²) in [5, 5.41) is 0. The lowest BCUT2D eigenvalue weighted by Crippen LogP contribution is -1.97. The zero-order valence-electron chi connectivity index (χ0n) is 5.63. The summed E-state index contributed by atoms with van der Waals surface area (Å²) in [7, 11) is -0.110. The van der Waals surface area contributed by atoms with Gasteiger partial charge in [0.05, 0.1) is 0 Å². The number of alkyl halides is 1. The molecule has 0 heterocycles. The number of hydrogen-bond donors (Lipinski definition) is 0. The highest BCUT2D eigenvalue weighted by Crippen LogP contribution is 2.53. The van der Waals surface area contributed by atoms with Crippen molar-refractivity contribution in [3.05, 3.63) is 0 Å². The summed E-state index contributed by atoms with van der Waals surface area (Å²) < 4.78 is 20.2. The van der Waals surface area contributed by atoms with Crippen molar-refractivity contribution in [2.75, 3.05) is 14.2 Å². The maximum Gasteiger partial charge on any atom is 0.343 e. The summed E-state index contributed by atoms with van der Waals surface area (Å²) in [6.07, 6.45) is 0. The van der Waals surface area contributed by atoms with Gasteiger partial charge in [0.2, 0.25) is 0 Å². The van der Waals surface area contributed by atoms with E-state index in [-0.39, 0.29) is 4.57 Å². The molecule has 56 valence electrons. The van der Waals surface area contributed by atoms with E-state index < -0.39 is 7.60 Å². The van der Waals surface area contributed by atoms with Gasteiger partial charge in [0.15, 0.2) is 0 Å². The lowest BCUT2D eigenvalue weighted by Gasteiger charge is -2.14. The smallest absolute Gasteiger partial charge is 0.311 e. The van der Waals surface area contributed by atoms with Crippen molar-refractivity contribution in [1.29, 1.82) is 0 Å². The van der Waals surface area contributed by atoms with Crippen molar-refractivity contribution in [1.82, 2.24) is 0 Å². The van der Waals surface area contributed by atoms with Crippen molar-refractivity contribution in [2.45, 2.75) is 11.5 Å². The molecule has 0 aliphatic heterocycles. The third-order valence-electron chi connectivity index (χ3n) is 0.945. The molecule has 0 amide bonds. The lowest BCUT2D eigenvalue weighted by atomic mass is 11.0. The zero-order chi connectivity index (χ0) is 7.49. The fraction of sp³-hybridized carbons (Fsp3) is 1.00. The molecule has 3 nitrogen and oxygen atoms in total. The Hall–Kier alpha value is 0.630. The van der Waals surface area contributed by atoms with Crippen LogP contribution in [-0.4, -0.2) is 18.8 Å². The standard InChI is InChI=1S/C4H10BrO3P/c1-4(5)9(6,7-2)8-3/h4H,1-3H3. The van der Waals surface area contributed by atoms with E-state index >= 15 is 0 Å². The van der Waals surface area contributed by atoms with Crippen LogP contribution in [0.25, 0.3) is 0 Å². The van der Waals surface area contributed by atoms with Crippen LogP contribution in [0.15, 0.2) is 0 Å². The molecule has 1 atom stereocenters. The van der Waals surface area contributed by atoms with Gasteiger partial charge in [-0.1, -0.05) is 15.9 Å². The third-order valence-corrected chi connectivity index (χ3v) is 4.34. The minimum Gasteiger partial charge on any atom is -0.311 e. The first-order valence-corrected chi connectivity index (χ1v) is 4.95. The first-order valence-electron chi connectivity index (χ1n) is 2.42. The Morgan fingerprint density at radius 3 is 1.78 bits per heavy atom. The van der Waals surface area contributed by atoms with E-state index in [4.69, 9.17) is 0 Å². The molecular weight excluding hydrogens is 207 g/mol. The van der Waals surface area contributed by atoms with E-state index in [9.17, 15) is 4.57 Å². The van der Waals surface area contributed by atoms with Crippen LogP contribution in [0.5, 0.6) is 0 Å². The van der Waals surface area contributed by atoms with E-state index in [2.05, 4.69) is 25.0 Å². The SMILES string of the molecule is COP(=O)(OC)C(C)Br. The van der Waals surface area contributed by atoms with Crippen LogP contribution in [0.3, 0.4) is 0 Å². The van der Waals surface area contributed by atoms with E-state index in [1.807, 2.05) is 0 Å².